The van der Waals surface area contributed by atoms with Crippen LogP contribution in [0.1, 0.15) is 25.7 Å². The summed E-state index contributed by atoms with van der Waals surface area (Å²) in [6.45, 7) is 0. The van der Waals surface area contributed by atoms with Crippen molar-refractivity contribution in [3.63, 3.8) is 0 Å². The molecule has 72 valence electrons. The molecule has 1 aliphatic heterocycles. The average molecular weight is 182 g/mol. The number of aliphatic hydroxyl groups is 1. The van der Waals surface area contributed by atoms with E-state index >= 15 is 0 Å². The lowest BCUT2D eigenvalue weighted by Gasteiger charge is -2.23. The predicted molar refractivity (Wildman–Crippen MR) is 45.5 cm³/mol. The highest BCUT2D eigenvalue weighted by molar-refractivity contribution is 4.99. The molecule has 0 amide bonds. The minimum atomic E-state index is -0.352. The molecule has 3 rings (SSSR count). The van der Waals surface area contributed by atoms with Crippen LogP contribution in [0.4, 0.5) is 0 Å². The van der Waals surface area contributed by atoms with Crippen LogP contribution in [-0.4, -0.2) is 17.0 Å². The molecule has 3 nitrogen and oxygen atoms in total. The van der Waals surface area contributed by atoms with Gasteiger partial charge in [-0.2, -0.15) is 0 Å². The zero-order valence-electron chi connectivity index (χ0n) is 7.48. The van der Waals surface area contributed by atoms with Crippen LogP contribution in [-0.2, 0) is 9.47 Å². The van der Waals surface area contributed by atoms with E-state index < -0.39 is 0 Å². The molecule has 0 saturated heterocycles. The lowest BCUT2D eigenvalue weighted by Crippen LogP contribution is -2.27. The highest BCUT2D eigenvalue weighted by atomic mass is 16.7. The van der Waals surface area contributed by atoms with E-state index in [0.29, 0.717) is 11.8 Å². The molecule has 0 aromatic rings. The first kappa shape index (κ1) is 7.68. The van der Waals surface area contributed by atoms with E-state index in [1.807, 2.05) is 0 Å². The fraction of sp³-hybridized carbons (Fsp3) is 0.800. The summed E-state index contributed by atoms with van der Waals surface area (Å²) in [4.78, 5) is 0. The molecule has 0 bridgehead atoms. The van der Waals surface area contributed by atoms with Crippen molar-refractivity contribution < 1.29 is 14.6 Å². The number of fused-ring (bicyclic) bond motifs is 1. The van der Waals surface area contributed by atoms with Crippen LogP contribution in [0.5, 0.6) is 0 Å². The Morgan fingerprint density at radius 3 is 2.15 bits per heavy atom. The van der Waals surface area contributed by atoms with E-state index in [1.54, 1.807) is 12.5 Å². The summed E-state index contributed by atoms with van der Waals surface area (Å²) in [5.41, 5.74) is 0. The summed E-state index contributed by atoms with van der Waals surface area (Å²) in [7, 11) is 0. The van der Waals surface area contributed by atoms with Crippen molar-refractivity contribution in [2.24, 2.45) is 11.8 Å². The third-order valence-corrected chi connectivity index (χ3v) is 3.58. The lowest BCUT2D eigenvalue weighted by atomic mass is 10.0. The van der Waals surface area contributed by atoms with Gasteiger partial charge in [0.2, 0.25) is 5.79 Å². The quantitative estimate of drug-likeness (QED) is 0.615. The molecule has 2 saturated carbocycles. The molecule has 2 aliphatic carbocycles. The second-order valence-corrected chi connectivity index (χ2v) is 4.47. The molecule has 0 aromatic carbocycles. The van der Waals surface area contributed by atoms with E-state index in [2.05, 4.69) is 0 Å². The molecule has 3 aliphatic rings. The van der Waals surface area contributed by atoms with Crippen LogP contribution in [0.3, 0.4) is 0 Å². The zero-order chi connectivity index (χ0) is 8.89. The maximum absolute atomic E-state index is 9.47. The molecule has 1 N–H and O–H groups in total. The van der Waals surface area contributed by atoms with Crippen molar-refractivity contribution in [2.75, 3.05) is 0 Å². The summed E-state index contributed by atoms with van der Waals surface area (Å²) in [5.74, 6) is 0.861. The standard InChI is InChI=1S/C10H14O3/c11-9-3-7-5-10(6-8(7)4-9)12-1-2-13-10/h1-2,7-9,11H,3-6H2/t7-,8+,9?. The summed E-state index contributed by atoms with van der Waals surface area (Å²) < 4.78 is 11.0. The Bertz CT molecular complexity index is 225. The maximum Gasteiger partial charge on any atom is 0.250 e. The first-order chi connectivity index (χ1) is 6.27. The largest absolute Gasteiger partial charge is 0.457 e. The van der Waals surface area contributed by atoms with Gasteiger partial charge in [0.15, 0.2) is 0 Å². The SMILES string of the molecule is OC1C[C@@H]2CC3(C[C@@H]2C1)OC=CO3. The summed E-state index contributed by atoms with van der Waals surface area (Å²) in [5, 5.41) is 9.47. The van der Waals surface area contributed by atoms with Gasteiger partial charge in [0.05, 0.1) is 6.10 Å². The Morgan fingerprint density at radius 2 is 1.62 bits per heavy atom. The number of aliphatic hydroxyl groups excluding tert-OH is 1. The van der Waals surface area contributed by atoms with Gasteiger partial charge >= 0.3 is 0 Å². The van der Waals surface area contributed by atoms with Crippen LogP contribution in [0.2, 0.25) is 0 Å². The number of rotatable bonds is 0. The average Bonchev–Trinajstić information content (AvgIpc) is 2.67. The number of hydrogen-bond acceptors (Lipinski definition) is 3. The van der Waals surface area contributed by atoms with Crippen molar-refractivity contribution in [3.8, 4) is 0 Å². The van der Waals surface area contributed by atoms with Gasteiger partial charge in [-0.15, -0.1) is 0 Å². The fourth-order valence-electron chi connectivity index (χ4n) is 3.09. The monoisotopic (exact) mass is 182 g/mol. The van der Waals surface area contributed by atoms with Crippen LogP contribution >= 0.6 is 0 Å². The van der Waals surface area contributed by atoms with Crippen molar-refractivity contribution in [2.45, 2.75) is 37.6 Å². The summed E-state index contributed by atoms with van der Waals surface area (Å²) in [6.07, 6.45) is 6.94. The normalized spacial score (nSPS) is 44.8. The molecule has 0 radical (unpaired) electrons. The van der Waals surface area contributed by atoms with E-state index in [4.69, 9.17) is 9.47 Å². The van der Waals surface area contributed by atoms with Gasteiger partial charge in [0, 0.05) is 12.8 Å². The minimum absolute atomic E-state index is 0.0817. The van der Waals surface area contributed by atoms with Gasteiger partial charge < -0.3 is 14.6 Å². The smallest absolute Gasteiger partial charge is 0.250 e. The highest BCUT2D eigenvalue weighted by Crippen LogP contribution is 2.51. The molecular formula is C10H14O3. The first-order valence-electron chi connectivity index (χ1n) is 4.96. The molecule has 1 heterocycles. The Balaban J connectivity index is 1.74. The van der Waals surface area contributed by atoms with Crippen LogP contribution in [0.15, 0.2) is 12.5 Å². The summed E-state index contributed by atoms with van der Waals surface area (Å²) >= 11 is 0. The molecule has 3 atom stereocenters. The summed E-state index contributed by atoms with van der Waals surface area (Å²) in [6, 6.07) is 0. The van der Waals surface area contributed by atoms with E-state index in [0.717, 1.165) is 25.7 Å². The molecule has 1 unspecified atom stereocenters. The number of hydrogen-bond donors (Lipinski definition) is 1. The van der Waals surface area contributed by atoms with Crippen LogP contribution in [0.25, 0.3) is 0 Å². The fourth-order valence-corrected chi connectivity index (χ4v) is 3.09. The van der Waals surface area contributed by atoms with Gasteiger partial charge in [-0.05, 0) is 24.7 Å². The third kappa shape index (κ3) is 1.06. The van der Waals surface area contributed by atoms with Gasteiger partial charge in [0.1, 0.15) is 12.5 Å². The van der Waals surface area contributed by atoms with E-state index in [-0.39, 0.29) is 11.9 Å². The second-order valence-electron chi connectivity index (χ2n) is 4.47. The highest BCUT2D eigenvalue weighted by Gasteiger charge is 2.52. The van der Waals surface area contributed by atoms with Gasteiger partial charge in [-0.3, -0.25) is 0 Å². The number of ether oxygens (including phenoxy) is 2. The maximum atomic E-state index is 9.47. The van der Waals surface area contributed by atoms with Gasteiger partial charge in [-0.1, -0.05) is 0 Å². The molecule has 1 spiro atoms. The lowest BCUT2D eigenvalue weighted by molar-refractivity contribution is -0.140. The van der Waals surface area contributed by atoms with Crippen molar-refractivity contribution in [1.82, 2.24) is 0 Å². The Kier molecular flexibility index (Phi) is 1.42. The Morgan fingerprint density at radius 1 is 1.08 bits per heavy atom. The molecular weight excluding hydrogens is 168 g/mol. The van der Waals surface area contributed by atoms with Crippen molar-refractivity contribution >= 4 is 0 Å². The van der Waals surface area contributed by atoms with Crippen molar-refractivity contribution in [1.29, 1.82) is 0 Å². The van der Waals surface area contributed by atoms with Crippen molar-refractivity contribution in [3.05, 3.63) is 12.5 Å². The van der Waals surface area contributed by atoms with Crippen LogP contribution < -0.4 is 0 Å². The molecule has 13 heavy (non-hydrogen) atoms. The topological polar surface area (TPSA) is 38.7 Å². The Labute approximate surface area is 77.3 Å². The molecule has 3 heteroatoms. The van der Waals surface area contributed by atoms with E-state index in [1.165, 1.54) is 0 Å². The first-order valence-corrected chi connectivity index (χ1v) is 4.96. The van der Waals surface area contributed by atoms with E-state index in [9.17, 15) is 5.11 Å². The predicted octanol–water partition coefficient (Wildman–Crippen LogP) is 1.38. The zero-order valence-corrected chi connectivity index (χ0v) is 7.48. The second kappa shape index (κ2) is 2.41. The van der Waals surface area contributed by atoms with Gasteiger partial charge in [-0.25, -0.2) is 0 Å². The third-order valence-electron chi connectivity index (χ3n) is 3.58. The van der Waals surface area contributed by atoms with Crippen LogP contribution in [0, 0.1) is 11.8 Å². The Hall–Kier alpha value is -0.700. The minimum Gasteiger partial charge on any atom is -0.457 e. The van der Waals surface area contributed by atoms with Gasteiger partial charge in [0.25, 0.3) is 0 Å². The molecule has 0 aromatic heterocycles. The molecule has 2 fully saturated rings.